The minimum Gasteiger partial charge on any atom is -0.495 e. The van der Waals surface area contributed by atoms with Crippen molar-refractivity contribution in [3.8, 4) is 23.0 Å². The van der Waals surface area contributed by atoms with E-state index in [2.05, 4.69) is 0 Å². The van der Waals surface area contributed by atoms with Gasteiger partial charge in [0.25, 0.3) is 0 Å². The zero-order valence-electron chi connectivity index (χ0n) is 23.5. The fraction of sp³-hybridized carbons (Fsp3) is 0.355. The molecule has 9 heteroatoms. The highest BCUT2D eigenvalue weighted by Gasteiger charge is 2.31. The van der Waals surface area contributed by atoms with E-state index in [-0.39, 0.29) is 47.1 Å². The van der Waals surface area contributed by atoms with Crippen LogP contribution in [0.1, 0.15) is 67.3 Å². The lowest BCUT2D eigenvalue weighted by Gasteiger charge is -2.27. The fourth-order valence-electron chi connectivity index (χ4n) is 4.71. The van der Waals surface area contributed by atoms with E-state index in [1.807, 2.05) is 34.6 Å². The third-order valence-electron chi connectivity index (χ3n) is 6.47. The van der Waals surface area contributed by atoms with Crippen LogP contribution in [0.5, 0.6) is 23.0 Å². The number of benzene rings is 3. The number of fused-ring (bicyclic) bond motifs is 2. The number of aliphatic hydroxyl groups is 1. The Bertz CT molecular complexity index is 1400. The van der Waals surface area contributed by atoms with Crippen LogP contribution < -0.4 is 19.1 Å². The molecule has 8 nitrogen and oxygen atoms in total. The number of esters is 1. The second kappa shape index (κ2) is 12.0. The first-order valence-electron chi connectivity index (χ1n) is 13.1. The number of ether oxygens (including phenoxy) is 4. The Morgan fingerprint density at radius 3 is 2.42 bits per heavy atom. The van der Waals surface area contributed by atoms with Crippen molar-refractivity contribution in [1.82, 2.24) is 0 Å². The Balaban J connectivity index is 1.76. The number of cyclic esters (lactones) is 1. The first-order chi connectivity index (χ1) is 19.0. The molecule has 0 saturated heterocycles. The normalized spacial score (nSPS) is 13.4. The van der Waals surface area contributed by atoms with Crippen LogP contribution in [0.15, 0.2) is 48.5 Å². The van der Waals surface area contributed by atoms with Gasteiger partial charge in [-0.3, -0.25) is 4.90 Å². The molecule has 1 amide bonds. The lowest BCUT2D eigenvalue weighted by atomic mass is 9.96. The fourth-order valence-corrected chi connectivity index (χ4v) is 4.71. The van der Waals surface area contributed by atoms with Crippen molar-refractivity contribution in [2.24, 2.45) is 5.92 Å². The predicted molar refractivity (Wildman–Crippen MR) is 148 cm³/mol. The van der Waals surface area contributed by atoms with Gasteiger partial charge >= 0.3 is 12.1 Å². The molecule has 0 bridgehead atoms. The molecule has 1 atom stereocenters. The summed E-state index contributed by atoms with van der Waals surface area (Å²) in [4.78, 5) is 28.0. The molecule has 1 aliphatic rings. The van der Waals surface area contributed by atoms with Crippen molar-refractivity contribution < 1.29 is 38.0 Å². The molecule has 40 heavy (non-hydrogen) atoms. The van der Waals surface area contributed by atoms with E-state index in [4.69, 9.17) is 18.9 Å². The van der Waals surface area contributed by atoms with Crippen molar-refractivity contribution in [3.05, 3.63) is 76.6 Å². The summed E-state index contributed by atoms with van der Waals surface area (Å²) in [6.07, 6.45) is -1.09. The maximum absolute atomic E-state index is 13.5. The second-order valence-electron chi connectivity index (χ2n) is 10.4. The SMILES string of the molecule is COc1c([C@@H](O)CC(C)C)ccc2c1C(=O)OCc1cc(C)cc(OC(=O)N(c3ccc(F)cc3)C(C)C)c1O2. The van der Waals surface area contributed by atoms with Crippen LogP contribution in [0.25, 0.3) is 0 Å². The third-order valence-corrected chi connectivity index (χ3v) is 6.47. The van der Waals surface area contributed by atoms with Gasteiger partial charge in [-0.2, -0.15) is 0 Å². The van der Waals surface area contributed by atoms with Gasteiger partial charge in [-0.05, 0) is 87.2 Å². The summed E-state index contributed by atoms with van der Waals surface area (Å²) in [5.74, 6) is -0.266. The molecule has 1 heterocycles. The van der Waals surface area contributed by atoms with E-state index in [0.717, 1.165) is 5.56 Å². The van der Waals surface area contributed by atoms with E-state index >= 15 is 0 Å². The number of rotatable bonds is 7. The lowest BCUT2D eigenvalue weighted by Crippen LogP contribution is -2.39. The maximum Gasteiger partial charge on any atom is 0.420 e. The highest BCUT2D eigenvalue weighted by Crippen LogP contribution is 2.45. The number of hydrogen-bond acceptors (Lipinski definition) is 7. The molecule has 1 N–H and O–H groups in total. The van der Waals surface area contributed by atoms with E-state index in [1.165, 1.54) is 36.3 Å². The van der Waals surface area contributed by atoms with Crippen molar-refractivity contribution >= 4 is 17.7 Å². The topological polar surface area (TPSA) is 94.5 Å². The van der Waals surface area contributed by atoms with Crippen LogP contribution in [0.2, 0.25) is 0 Å². The minimum atomic E-state index is -0.863. The molecule has 0 fully saturated rings. The molecule has 0 spiro atoms. The monoisotopic (exact) mass is 551 g/mol. The van der Waals surface area contributed by atoms with Crippen molar-refractivity contribution in [1.29, 1.82) is 0 Å². The van der Waals surface area contributed by atoms with E-state index in [1.54, 1.807) is 24.3 Å². The third kappa shape index (κ3) is 6.04. The molecular formula is C31H34FNO7. The quantitative estimate of drug-likeness (QED) is 0.313. The number of methoxy groups -OCH3 is 1. The number of aryl methyl sites for hydroxylation is 1. The van der Waals surface area contributed by atoms with Crippen LogP contribution in [-0.2, 0) is 11.3 Å². The molecule has 0 aromatic heterocycles. The number of aliphatic hydroxyl groups excluding tert-OH is 1. The van der Waals surface area contributed by atoms with E-state index in [0.29, 0.717) is 23.2 Å². The van der Waals surface area contributed by atoms with Gasteiger partial charge in [-0.1, -0.05) is 13.8 Å². The summed E-state index contributed by atoms with van der Waals surface area (Å²) in [5.41, 5.74) is 2.20. The van der Waals surface area contributed by atoms with Crippen LogP contribution in [0.3, 0.4) is 0 Å². The summed E-state index contributed by atoms with van der Waals surface area (Å²) in [7, 11) is 1.41. The molecule has 0 aliphatic carbocycles. The number of carbonyl (C=O) groups excluding carboxylic acids is 2. The summed E-state index contributed by atoms with van der Waals surface area (Å²) >= 11 is 0. The average Bonchev–Trinajstić information content (AvgIpc) is 2.88. The smallest absolute Gasteiger partial charge is 0.420 e. The van der Waals surface area contributed by atoms with Crippen LogP contribution in [0.4, 0.5) is 14.9 Å². The van der Waals surface area contributed by atoms with Gasteiger partial charge in [0.2, 0.25) is 0 Å². The molecule has 0 unspecified atom stereocenters. The molecule has 212 valence electrons. The van der Waals surface area contributed by atoms with Crippen LogP contribution in [0, 0.1) is 18.7 Å². The zero-order chi connectivity index (χ0) is 29.1. The summed E-state index contributed by atoms with van der Waals surface area (Å²) < 4.78 is 36.8. The number of halogens is 1. The van der Waals surface area contributed by atoms with Crippen molar-refractivity contribution in [2.45, 2.75) is 59.8 Å². The van der Waals surface area contributed by atoms with Crippen molar-refractivity contribution in [2.75, 3.05) is 12.0 Å². The predicted octanol–water partition coefficient (Wildman–Crippen LogP) is 7.10. The molecule has 3 aromatic carbocycles. The van der Waals surface area contributed by atoms with Crippen molar-refractivity contribution in [3.63, 3.8) is 0 Å². The van der Waals surface area contributed by atoms with Gasteiger partial charge in [0.15, 0.2) is 11.5 Å². The van der Waals surface area contributed by atoms with Gasteiger partial charge < -0.3 is 24.1 Å². The molecule has 1 aliphatic heterocycles. The molecule has 0 radical (unpaired) electrons. The average molecular weight is 552 g/mol. The number of carbonyl (C=O) groups is 2. The highest BCUT2D eigenvalue weighted by molar-refractivity contribution is 5.97. The Hall–Kier alpha value is -4.11. The Kier molecular flexibility index (Phi) is 8.64. The second-order valence-corrected chi connectivity index (χ2v) is 10.4. The molecule has 4 rings (SSSR count). The molecule has 0 saturated carbocycles. The summed E-state index contributed by atoms with van der Waals surface area (Å²) in [6, 6.07) is 11.9. The van der Waals surface area contributed by atoms with Crippen LogP contribution in [-0.4, -0.2) is 30.3 Å². The largest absolute Gasteiger partial charge is 0.495 e. The van der Waals surface area contributed by atoms with E-state index in [9.17, 15) is 19.1 Å². The Morgan fingerprint density at radius 1 is 1.10 bits per heavy atom. The molecular weight excluding hydrogens is 517 g/mol. The van der Waals surface area contributed by atoms with Gasteiger partial charge in [0.1, 0.15) is 29.5 Å². The maximum atomic E-state index is 13.5. The first-order valence-corrected chi connectivity index (χ1v) is 13.1. The highest BCUT2D eigenvalue weighted by atomic mass is 19.1. The lowest BCUT2D eigenvalue weighted by molar-refractivity contribution is 0.0453. The number of amides is 1. The molecule has 3 aromatic rings. The minimum absolute atomic E-state index is 0.0291. The Morgan fingerprint density at radius 2 is 1.80 bits per heavy atom. The number of anilines is 1. The van der Waals surface area contributed by atoms with Gasteiger partial charge in [-0.25, -0.2) is 14.0 Å². The van der Waals surface area contributed by atoms with Gasteiger partial charge in [0, 0.05) is 22.9 Å². The summed E-state index contributed by atoms with van der Waals surface area (Å²) in [6.45, 7) is 9.27. The zero-order valence-corrected chi connectivity index (χ0v) is 23.5. The Labute approximate surface area is 233 Å². The number of nitrogens with zero attached hydrogens (tertiary/aromatic N) is 1. The van der Waals surface area contributed by atoms with E-state index < -0.39 is 24.0 Å². The first kappa shape index (κ1) is 28.9. The van der Waals surface area contributed by atoms with Gasteiger partial charge in [0.05, 0.1) is 13.2 Å². The van der Waals surface area contributed by atoms with Crippen LogP contribution >= 0.6 is 0 Å². The standard InChI is InChI=1S/C31H34FNO7/c1-17(2)13-24(34)23-11-12-25-27(29(23)37-6)30(35)38-16-20-14-19(5)15-26(28(20)39-25)40-31(36)33(18(3)4)22-9-7-21(32)8-10-22/h7-12,14-15,17-18,24,34H,13,16H2,1-6H3/t24-/m0/s1. The van der Waals surface area contributed by atoms with Gasteiger partial charge in [-0.15, -0.1) is 0 Å². The number of hydrogen-bond donors (Lipinski definition) is 1. The summed E-state index contributed by atoms with van der Waals surface area (Å²) in [5, 5.41) is 10.8.